The Morgan fingerprint density at radius 2 is 1.59 bits per heavy atom. The molecule has 2 aliphatic rings. The topological polar surface area (TPSA) is 36.9 Å². The van der Waals surface area contributed by atoms with Crippen molar-refractivity contribution in [2.45, 2.75) is 76.1 Å². The molecule has 5 heteroatoms. The van der Waals surface area contributed by atoms with Crippen molar-refractivity contribution in [1.29, 1.82) is 0 Å². The standard InChI is InChI=1S/C29H38O4Si/c1-7-18-29(30-6)22(2)19-26-27(33-29)20-23(32-26)21-31-34(28(3,4)5,24-14-10-8-11-15-24)25-16-12-9-13-17-25/h1,8-17,22-23,26-27H,18-21H2,2-6H3/t22-,23+,26?,27?,29+/m1/s1. The molecular formula is C29H38O4Si. The van der Waals surface area contributed by atoms with Gasteiger partial charge in [-0.25, -0.2) is 0 Å². The average Bonchev–Trinajstić information content (AvgIpc) is 3.21. The predicted octanol–water partition coefficient (Wildman–Crippen LogP) is 4.51. The van der Waals surface area contributed by atoms with Gasteiger partial charge in [-0.1, -0.05) is 88.4 Å². The van der Waals surface area contributed by atoms with Crippen molar-refractivity contribution < 1.29 is 18.6 Å². The molecular weight excluding hydrogens is 440 g/mol. The first kappa shape index (κ1) is 25.2. The highest BCUT2D eigenvalue weighted by molar-refractivity contribution is 6.99. The second-order valence-electron chi connectivity index (χ2n) is 10.7. The van der Waals surface area contributed by atoms with E-state index in [0.29, 0.717) is 13.0 Å². The number of benzene rings is 2. The van der Waals surface area contributed by atoms with Crippen molar-refractivity contribution in [3.63, 3.8) is 0 Å². The van der Waals surface area contributed by atoms with Crippen LogP contribution in [0, 0.1) is 18.3 Å². The fraction of sp³-hybridized carbons (Fsp3) is 0.517. The van der Waals surface area contributed by atoms with Gasteiger partial charge in [-0.15, -0.1) is 12.3 Å². The lowest BCUT2D eigenvalue weighted by molar-refractivity contribution is -0.301. The molecule has 4 nitrogen and oxygen atoms in total. The zero-order valence-electron chi connectivity index (χ0n) is 21.1. The van der Waals surface area contributed by atoms with Crippen LogP contribution in [-0.2, 0) is 18.6 Å². The number of terminal acetylenes is 1. The van der Waals surface area contributed by atoms with E-state index in [4.69, 9.17) is 25.1 Å². The van der Waals surface area contributed by atoms with Crippen LogP contribution in [0.3, 0.4) is 0 Å². The van der Waals surface area contributed by atoms with Crippen LogP contribution in [-0.4, -0.2) is 46.1 Å². The van der Waals surface area contributed by atoms with Crippen LogP contribution in [0.1, 0.15) is 47.0 Å². The fourth-order valence-corrected chi connectivity index (χ4v) is 10.4. The van der Waals surface area contributed by atoms with E-state index in [0.717, 1.165) is 12.8 Å². The average molecular weight is 479 g/mol. The quantitative estimate of drug-likeness (QED) is 0.433. The van der Waals surface area contributed by atoms with E-state index in [1.807, 2.05) is 0 Å². The highest BCUT2D eigenvalue weighted by atomic mass is 28.4. The third kappa shape index (κ3) is 4.50. The van der Waals surface area contributed by atoms with Gasteiger partial charge in [0, 0.05) is 19.4 Å². The highest BCUT2D eigenvalue weighted by Gasteiger charge is 2.53. The van der Waals surface area contributed by atoms with Gasteiger partial charge < -0.3 is 18.6 Å². The Balaban J connectivity index is 1.59. The summed E-state index contributed by atoms with van der Waals surface area (Å²) in [5, 5.41) is 2.49. The Morgan fingerprint density at radius 3 is 2.09 bits per heavy atom. The van der Waals surface area contributed by atoms with Crippen molar-refractivity contribution in [3.8, 4) is 12.3 Å². The summed E-state index contributed by atoms with van der Waals surface area (Å²) in [5.41, 5.74) is 0. The summed E-state index contributed by atoms with van der Waals surface area (Å²) in [6, 6.07) is 21.5. The summed E-state index contributed by atoms with van der Waals surface area (Å²) >= 11 is 0. The summed E-state index contributed by atoms with van der Waals surface area (Å²) in [4.78, 5) is 0. The predicted molar refractivity (Wildman–Crippen MR) is 139 cm³/mol. The van der Waals surface area contributed by atoms with E-state index in [1.165, 1.54) is 10.4 Å². The van der Waals surface area contributed by atoms with E-state index in [2.05, 4.69) is 94.3 Å². The normalized spacial score (nSPS) is 29.4. The molecule has 2 fully saturated rings. The van der Waals surface area contributed by atoms with Crippen LogP contribution >= 0.6 is 0 Å². The minimum Gasteiger partial charge on any atom is -0.405 e. The number of rotatable bonds is 7. The minimum atomic E-state index is -2.60. The molecule has 182 valence electrons. The molecule has 0 bridgehead atoms. The lowest BCUT2D eigenvalue weighted by atomic mass is 9.86. The van der Waals surface area contributed by atoms with Gasteiger partial charge >= 0.3 is 0 Å². The number of fused-ring (bicyclic) bond motifs is 1. The summed E-state index contributed by atoms with van der Waals surface area (Å²) < 4.78 is 25.9. The third-order valence-corrected chi connectivity index (χ3v) is 12.6. The molecule has 5 atom stereocenters. The number of methoxy groups -OCH3 is 1. The van der Waals surface area contributed by atoms with E-state index < -0.39 is 14.1 Å². The molecule has 2 heterocycles. The van der Waals surface area contributed by atoms with Crippen LogP contribution in [0.15, 0.2) is 60.7 Å². The van der Waals surface area contributed by atoms with Crippen LogP contribution in [0.2, 0.25) is 5.04 Å². The molecule has 0 spiro atoms. The highest BCUT2D eigenvalue weighted by Crippen LogP contribution is 2.44. The van der Waals surface area contributed by atoms with Gasteiger partial charge in [0.05, 0.1) is 31.3 Å². The first-order valence-electron chi connectivity index (χ1n) is 12.3. The summed E-state index contributed by atoms with van der Waals surface area (Å²) in [7, 11) is -0.911. The van der Waals surface area contributed by atoms with Gasteiger partial charge in [-0.2, -0.15) is 0 Å². The minimum absolute atomic E-state index is 0.0256. The lowest BCUT2D eigenvalue weighted by Crippen LogP contribution is -2.67. The SMILES string of the molecule is C#CC[C@]1(OC)OC2C[C@@H](CO[Si](c3ccccc3)(c3ccccc3)C(C)(C)C)OC2C[C@H]1C. The van der Waals surface area contributed by atoms with Gasteiger partial charge in [0.1, 0.15) is 0 Å². The molecule has 0 N–H and O–H groups in total. The third-order valence-electron chi connectivity index (χ3n) is 7.56. The molecule has 0 radical (unpaired) electrons. The molecule has 2 aliphatic heterocycles. The maximum Gasteiger partial charge on any atom is 0.261 e. The maximum atomic E-state index is 7.10. The molecule has 2 aromatic rings. The Kier molecular flexibility index (Phi) is 7.38. The van der Waals surface area contributed by atoms with Gasteiger partial charge in [-0.05, 0) is 21.8 Å². The first-order chi connectivity index (χ1) is 16.3. The maximum absolute atomic E-state index is 7.10. The van der Waals surface area contributed by atoms with E-state index in [9.17, 15) is 0 Å². The van der Waals surface area contributed by atoms with Crippen molar-refractivity contribution in [2.24, 2.45) is 5.92 Å². The molecule has 0 aromatic heterocycles. The Labute approximate surface area is 206 Å². The van der Waals surface area contributed by atoms with Crippen molar-refractivity contribution >= 4 is 18.7 Å². The van der Waals surface area contributed by atoms with Gasteiger partial charge in [0.2, 0.25) is 0 Å². The second kappa shape index (κ2) is 9.97. The smallest absolute Gasteiger partial charge is 0.261 e. The molecule has 0 amide bonds. The van der Waals surface area contributed by atoms with Crippen LogP contribution in [0.4, 0.5) is 0 Å². The lowest BCUT2D eigenvalue weighted by Gasteiger charge is -2.44. The van der Waals surface area contributed by atoms with Crippen LogP contribution < -0.4 is 10.4 Å². The molecule has 0 aliphatic carbocycles. The Bertz CT molecular complexity index is 941. The van der Waals surface area contributed by atoms with Gasteiger partial charge in [0.15, 0.2) is 5.79 Å². The molecule has 34 heavy (non-hydrogen) atoms. The van der Waals surface area contributed by atoms with E-state index in [1.54, 1.807) is 7.11 Å². The summed E-state index contributed by atoms with van der Waals surface area (Å²) in [6.45, 7) is 9.56. The Morgan fingerprint density at radius 1 is 1.00 bits per heavy atom. The second-order valence-corrected chi connectivity index (χ2v) is 15.0. The number of hydrogen-bond acceptors (Lipinski definition) is 4. The summed E-state index contributed by atoms with van der Waals surface area (Å²) in [5.74, 6) is 2.17. The monoisotopic (exact) mass is 478 g/mol. The molecule has 0 saturated carbocycles. The number of ether oxygens (including phenoxy) is 3. The molecule has 4 rings (SSSR count). The van der Waals surface area contributed by atoms with Crippen LogP contribution in [0.5, 0.6) is 0 Å². The van der Waals surface area contributed by atoms with Crippen molar-refractivity contribution in [1.82, 2.24) is 0 Å². The van der Waals surface area contributed by atoms with Crippen LogP contribution in [0.25, 0.3) is 0 Å². The molecule has 2 unspecified atom stereocenters. The van der Waals surface area contributed by atoms with Crippen molar-refractivity contribution in [3.05, 3.63) is 60.7 Å². The largest absolute Gasteiger partial charge is 0.405 e. The zero-order chi connectivity index (χ0) is 24.4. The zero-order valence-corrected chi connectivity index (χ0v) is 22.1. The van der Waals surface area contributed by atoms with Gasteiger partial charge in [0.25, 0.3) is 8.32 Å². The first-order valence-corrected chi connectivity index (χ1v) is 14.2. The van der Waals surface area contributed by atoms with E-state index >= 15 is 0 Å². The van der Waals surface area contributed by atoms with Gasteiger partial charge in [-0.3, -0.25) is 0 Å². The fourth-order valence-electron chi connectivity index (χ4n) is 5.80. The van der Waals surface area contributed by atoms with E-state index in [-0.39, 0.29) is 29.3 Å². The summed E-state index contributed by atoms with van der Waals surface area (Å²) in [6.07, 6.45) is 7.72. The molecule has 2 saturated heterocycles. The molecule has 2 aromatic carbocycles. The van der Waals surface area contributed by atoms with Crippen molar-refractivity contribution in [2.75, 3.05) is 13.7 Å². The Hall–Kier alpha value is -1.94. The number of hydrogen-bond donors (Lipinski definition) is 0.